The molecule has 0 spiro atoms. The SMILES string of the molecule is NC(=O)Cc1ccc(OCCNCCCCc2ccccc2)c(O)c1. The molecule has 2 aromatic carbocycles. The summed E-state index contributed by atoms with van der Waals surface area (Å²) in [7, 11) is 0. The number of benzene rings is 2. The van der Waals surface area contributed by atoms with E-state index >= 15 is 0 Å². The molecule has 0 saturated heterocycles. The summed E-state index contributed by atoms with van der Waals surface area (Å²) in [5.74, 6) is 0.0187. The van der Waals surface area contributed by atoms with Crippen LogP contribution in [0.2, 0.25) is 0 Å². The Bertz CT molecular complexity index is 659. The van der Waals surface area contributed by atoms with E-state index in [9.17, 15) is 9.90 Å². The molecular weight excluding hydrogens is 316 g/mol. The molecule has 0 saturated carbocycles. The van der Waals surface area contributed by atoms with Gasteiger partial charge in [-0.05, 0) is 49.1 Å². The van der Waals surface area contributed by atoms with Gasteiger partial charge in [-0.2, -0.15) is 0 Å². The molecule has 0 aliphatic carbocycles. The van der Waals surface area contributed by atoms with Gasteiger partial charge in [-0.25, -0.2) is 0 Å². The van der Waals surface area contributed by atoms with Gasteiger partial charge in [0.25, 0.3) is 0 Å². The smallest absolute Gasteiger partial charge is 0.221 e. The minimum absolute atomic E-state index is 0.0293. The van der Waals surface area contributed by atoms with Crippen LogP contribution in [-0.2, 0) is 17.6 Å². The Morgan fingerprint density at radius 3 is 2.56 bits per heavy atom. The van der Waals surface area contributed by atoms with E-state index < -0.39 is 5.91 Å². The van der Waals surface area contributed by atoms with Crippen LogP contribution in [0.1, 0.15) is 24.0 Å². The van der Waals surface area contributed by atoms with E-state index in [1.807, 2.05) is 6.07 Å². The van der Waals surface area contributed by atoms with Gasteiger partial charge in [0.1, 0.15) is 6.61 Å². The summed E-state index contributed by atoms with van der Waals surface area (Å²) < 4.78 is 5.54. The third-order valence-electron chi connectivity index (χ3n) is 3.85. The molecule has 2 aromatic rings. The predicted octanol–water partition coefficient (Wildman–Crippen LogP) is 2.41. The molecule has 2 rings (SSSR count). The number of rotatable bonds is 11. The van der Waals surface area contributed by atoms with Gasteiger partial charge in [0.05, 0.1) is 6.42 Å². The number of carbonyl (C=O) groups excluding carboxylic acids is 1. The van der Waals surface area contributed by atoms with Crippen molar-refractivity contribution < 1.29 is 14.6 Å². The maximum Gasteiger partial charge on any atom is 0.221 e. The second-order valence-electron chi connectivity index (χ2n) is 5.99. The molecule has 0 atom stereocenters. The first kappa shape index (κ1) is 18.8. The number of nitrogens with one attached hydrogen (secondary N) is 1. The van der Waals surface area contributed by atoms with Gasteiger partial charge >= 0.3 is 0 Å². The lowest BCUT2D eigenvalue weighted by Crippen LogP contribution is -2.22. The summed E-state index contributed by atoms with van der Waals surface area (Å²) >= 11 is 0. The number of carbonyl (C=O) groups is 1. The highest BCUT2D eigenvalue weighted by Crippen LogP contribution is 2.26. The molecule has 0 aliphatic rings. The fraction of sp³-hybridized carbons (Fsp3) is 0.350. The van der Waals surface area contributed by atoms with Crippen LogP contribution >= 0.6 is 0 Å². The van der Waals surface area contributed by atoms with E-state index in [4.69, 9.17) is 10.5 Å². The number of amides is 1. The van der Waals surface area contributed by atoms with Gasteiger partial charge in [0.2, 0.25) is 5.91 Å². The number of ether oxygens (including phenoxy) is 1. The molecule has 0 radical (unpaired) electrons. The molecule has 5 nitrogen and oxygen atoms in total. The summed E-state index contributed by atoms with van der Waals surface area (Å²) in [6.45, 7) is 2.13. The lowest BCUT2D eigenvalue weighted by molar-refractivity contribution is -0.117. The standard InChI is InChI=1S/C20H26N2O3/c21-20(24)15-17-9-10-19(18(23)14-17)25-13-12-22-11-5-4-8-16-6-2-1-3-7-16/h1-3,6-7,9-10,14,22-23H,4-5,8,11-13,15H2,(H2,21,24). The number of primary amides is 1. The second kappa shape index (κ2) is 10.4. The third-order valence-corrected chi connectivity index (χ3v) is 3.85. The number of phenolic OH excluding ortho intramolecular Hbond substituents is 1. The Balaban J connectivity index is 1.56. The molecule has 4 N–H and O–H groups in total. The Labute approximate surface area is 148 Å². The van der Waals surface area contributed by atoms with Crippen LogP contribution in [0.3, 0.4) is 0 Å². The number of nitrogens with two attached hydrogens (primary N) is 1. The van der Waals surface area contributed by atoms with E-state index in [1.54, 1.807) is 12.1 Å². The van der Waals surface area contributed by atoms with E-state index in [0.29, 0.717) is 24.5 Å². The number of phenols is 1. The molecule has 0 aromatic heterocycles. The Kier molecular flexibility index (Phi) is 7.79. The van der Waals surface area contributed by atoms with Crippen LogP contribution < -0.4 is 15.8 Å². The summed E-state index contributed by atoms with van der Waals surface area (Å²) in [4.78, 5) is 10.9. The molecule has 0 bridgehead atoms. The van der Waals surface area contributed by atoms with Crippen LogP contribution in [0.25, 0.3) is 0 Å². The summed E-state index contributed by atoms with van der Waals surface area (Å²) in [6, 6.07) is 15.4. The maximum atomic E-state index is 10.9. The predicted molar refractivity (Wildman–Crippen MR) is 98.7 cm³/mol. The molecule has 1 amide bonds. The van der Waals surface area contributed by atoms with Crippen LogP contribution in [0.15, 0.2) is 48.5 Å². The maximum absolute atomic E-state index is 10.9. The van der Waals surface area contributed by atoms with Crippen LogP contribution in [0.5, 0.6) is 11.5 Å². The molecule has 25 heavy (non-hydrogen) atoms. The van der Waals surface area contributed by atoms with Crippen molar-refractivity contribution in [3.63, 3.8) is 0 Å². The Morgan fingerprint density at radius 2 is 1.84 bits per heavy atom. The number of hydrogen-bond acceptors (Lipinski definition) is 4. The number of aryl methyl sites for hydroxylation is 1. The van der Waals surface area contributed by atoms with Crippen molar-refractivity contribution >= 4 is 5.91 Å². The van der Waals surface area contributed by atoms with Crippen molar-refractivity contribution in [2.45, 2.75) is 25.7 Å². The highest BCUT2D eigenvalue weighted by atomic mass is 16.5. The highest BCUT2D eigenvalue weighted by molar-refractivity contribution is 5.76. The molecule has 0 fully saturated rings. The number of unbranched alkanes of at least 4 members (excludes halogenated alkanes) is 1. The van der Waals surface area contributed by atoms with Crippen molar-refractivity contribution in [1.29, 1.82) is 0 Å². The van der Waals surface area contributed by atoms with Gasteiger partial charge < -0.3 is 20.9 Å². The molecule has 0 unspecified atom stereocenters. The lowest BCUT2D eigenvalue weighted by Gasteiger charge is -2.10. The Morgan fingerprint density at radius 1 is 1.04 bits per heavy atom. The van der Waals surface area contributed by atoms with Crippen LogP contribution in [0, 0.1) is 0 Å². The second-order valence-corrected chi connectivity index (χ2v) is 5.99. The van der Waals surface area contributed by atoms with Crippen molar-refractivity contribution in [2.75, 3.05) is 19.7 Å². The first-order valence-corrected chi connectivity index (χ1v) is 8.63. The van der Waals surface area contributed by atoms with Gasteiger partial charge in [-0.3, -0.25) is 4.79 Å². The summed E-state index contributed by atoms with van der Waals surface area (Å²) in [5.41, 5.74) is 7.18. The summed E-state index contributed by atoms with van der Waals surface area (Å²) in [6.07, 6.45) is 3.48. The minimum atomic E-state index is -0.426. The fourth-order valence-electron chi connectivity index (χ4n) is 2.58. The molecule has 134 valence electrons. The van der Waals surface area contributed by atoms with Crippen molar-refractivity contribution in [3.05, 3.63) is 59.7 Å². The summed E-state index contributed by atoms with van der Waals surface area (Å²) in [5, 5.41) is 13.2. The average molecular weight is 342 g/mol. The normalized spacial score (nSPS) is 10.6. The third kappa shape index (κ3) is 7.27. The van der Waals surface area contributed by atoms with E-state index in [1.165, 1.54) is 11.6 Å². The van der Waals surface area contributed by atoms with E-state index in [-0.39, 0.29) is 12.2 Å². The lowest BCUT2D eigenvalue weighted by atomic mass is 10.1. The van der Waals surface area contributed by atoms with Crippen molar-refractivity contribution in [1.82, 2.24) is 5.32 Å². The van der Waals surface area contributed by atoms with Crippen molar-refractivity contribution in [3.8, 4) is 11.5 Å². The largest absolute Gasteiger partial charge is 0.504 e. The van der Waals surface area contributed by atoms with Crippen LogP contribution in [-0.4, -0.2) is 30.7 Å². The van der Waals surface area contributed by atoms with Gasteiger partial charge in [-0.15, -0.1) is 0 Å². The first-order valence-electron chi connectivity index (χ1n) is 8.63. The zero-order chi connectivity index (χ0) is 17.9. The van der Waals surface area contributed by atoms with Gasteiger partial charge in [0, 0.05) is 6.54 Å². The fourth-order valence-corrected chi connectivity index (χ4v) is 2.58. The molecular formula is C20H26N2O3. The first-order chi connectivity index (χ1) is 12.1. The Hall–Kier alpha value is -2.53. The highest BCUT2D eigenvalue weighted by Gasteiger charge is 2.05. The molecule has 0 heterocycles. The number of hydrogen-bond donors (Lipinski definition) is 3. The zero-order valence-corrected chi connectivity index (χ0v) is 14.4. The minimum Gasteiger partial charge on any atom is -0.504 e. The number of aromatic hydroxyl groups is 1. The van der Waals surface area contributed by atoms with Gasteiger partial charge in [-0.1, -0.05) is 36.4 Å². The zero-order valence-electron chi connectivity index (χ0n) is 14.4. The monoisotopic (exact) mass is 342 g/mol. The molecule has 0 aliphatic heterocycles. The van der Waals surface area contributed by atoms with Crippen LogP contribution in [0.4, 0.5) is 0 Å². The van der Waals surface area contributed by atoms with E-state index in [2.05, 4.69) is 29.6 Å². The quantitative estimate of drug-likeness (QED) is 0.548. The molecule has 5 heteroatoms. The van der Waals surface area contributed by atoms with E-state index in [0.717, 1.165) is 25.8 Å². The van der Waals surface area contributed by atoms with Crippen molar-refractivity contribution in [2.24, 2.45) is 5.73 Å². The van der Waals surface area contributed by atoms with Gasteiger partial charge in [0.15, 0.2) is 11.5 Å². The average Bonchev–Trinajstić information content (AvgIpc) is 2.59. The topological polar surface area (TPSA) is 84.6 Å².